The van der Waals surface area contributed by atoms with Crippen LogP contribution in [-0.2, 0) is 9.59 Å². The summed E-state index contributed by atoms with van der Waals surface area (Å²) < 4.78 is 0. The molecular weight excluding hydrogens is 740 g/mol. The van der Waals surface area contributed by atoms with Gasteiger partial charge < -0.3 is 24.4 Å². The first-order valence-corrected chi connectivity index (χ1v) is 21.0. The van der Waals surface area contributed by atoms with Crippen molar-refractivity contribution in [1.29, 1.82) is 0 Å². The zero-order chi connectivity index (χ0) is 39.7. The molecule has 5 saturated heterocycles. The van der Waals surface area contributed by atoms with Gasteiger partial charge in [-0.25, -0.2) is 9.78 Å². The number of nitrogens with one attached hydrogen (secondary N) is 1. The molecule has 57 heavy (non-hydrogen) atoms. The summed E-state index contributed by atoms with van der Waals surface area (Å²) >= 11 is 6.32. The molecular formula is C44H55ClN8O4. The molecule has 12 nitrogen and oxygen atoms in total. The Bertz CT molecular complexity index is 1910. The van der Waals surface area contributed by atoms with Crippen LogP contribution in [0.1, 0.15) is 68.8 Å². The van der Waals surface area contributed by atoms with Gasteiger partial charge in [-0.3, -0.25) is 24.7 Å². The first-order valence-electron chi connectivity index (χ1n) is 20.7. The van der Waals surface area contributed by atoms with E-state index in [1.807, 2.05) is 48.2 Å². The van der Waals surface area contributed by atoms with Crippen LogP contribution in [0.25, 0.3) is 0 Å². The van der Waals surface area contributed by atoms with Gasteiger partial charge in [-0.15, -0.1) is 0 Å². The van der Waals surface area contributed by atoms with Gasteiger partial charge in [0, 0.05) is 106 Å². The lowest BCUT2D eigenvalue weighted by Gasteiger charge is -2.56. The Kier molecular flexibility index (Phi) is 11.2. The molecule has 6 aliphatic rings. The molecule has 3 aromatic rings. The molecule has 302 valence electrons. The molecule has 1 aliphatic carbocycles. The third kappa shape index (κ3) is 8.08. The number of piperazine rings is 1. The third-order valence-corrected chi connectivity index (χ3v) is 14.2. The molecule has 13 heteroatoms. The predicted molar refractivity (Wildman–Crippen MR) is 224 cm³/mol. The number of hydrogen-bond acceptors (Lipinski definition) is 9. The highest BCUT2D eigenvalue weighted by Gasteiger charge is 2.49. The number of rotatable bonds is 6. The highest BCUT2D eigenvalue weighted by atomic mass is 35.5. The minimum atomic E-state index is -0.348. The van der Waals surface area contributed by atoms with Crippen LogP contribution < -0.4 is 24.9 Å². The first-order chi connectivity index (χ1) is 27.6. The van der Waals surface area contributed by atoms with Crippen molar-refractivity contribution in [3.8, 4) is 0 Å². The van der Waals surface area contributed by atoms with Crippen molar-refractivity contribution in [1.82, 2.24) is 20.1 Å². The van der Waals surface area contributed by atoms with Crippen LogP contribution in [0, 0.1) is 10.8 Å². The van der Waals surface area contributed by atoms with Crippen LogP contribution in [0.2, 0.25) is 5.02 Å². The second kappa shape index (κ2) is 16.3. The number of urea groups is 1. The Balaban J connectivity index is 0.00000224. The maximum absolute atomic E-state index is 13.6. The average molecular weight is 795 g/mol. The highest BCUT2D eigenvalue weighted by Crippen LogP contribution is 2.51. The largest absolute Gasteiger partial charge is 0.370 e. The molecule has 6 fully saturated rings. The minimum Gasteiger partial charge on any atom is -0.370 e. The van der Waals surface area contributed by atoms with Crippen molar-refractivity contribution in [2.24, 2.45) is 10.8 Å². The summed E-state index contributed by atoms with van der Waals surface area (Å²) in [4.78, 5) is 63.7. The van der Waals surface area contributed by atoms with E-state index in [1.54, 1.807) is 4.90 Å². The van der Waals surface area contributed by atoms with Gasteiger partial charge in [0.15, 0.2) is 0 Å². The van der Waals surface area contributed by atoms with E-state index in [9.17, 15) is 14.4 Å². The number of aromatic nitrogens is 1. The van der Waals surface area contributed by atoms with E-state index >= 15 is 0 Å². The van der Waals surface area contributed by atoms with Crippen molar-refractivity contribution >= 4 is 59.0 Å². The summed E-state index contributed by atoms with van der Waals surface area (Å²) in [5, 5.41) is 3.19. The van der Waals surface area contributed by atoms with E-state index in [0.29, 0.717) is 41.6 Å². The quantitative estimate of drug-likeness (QED) is 0.317. The van der Waals surface area contributed by atoms with Crippen LogP contribution in [0.3, 0.4) is 0 Å². The van der Waals surface area contributed by atoms with Crippen molar-refractivity contribution in [3.63, 3.8) is 0 Å². The van der Waals surface area contributed by atoms with Crippen LogP contribution in [0.5, 0.6) is 0 Å². The zero-order valence-corrected chi connectivity index (χ0v) is 33.8. The third-order valence-electron chi connectivity index (χ3n) is 13.9. The van der Waals surface area contributed by atoms with Crippen molar-refractivity contribution in [3.05, 3.63) is 77.6 Å². The number of halogens is 1. The predicted octanol–water partition coefficient (Wildman–Crippen LogP) is 6.09. The molecule has 0 unspecified atom stereocenters. The number of likely N-dealkylation sites (tertiary alicyclic amines) is 1. The van der Waals surface area contributed by atoms with Gasteiger partial charge in [0.25, 0.3) is 5.91 Å². The molecule has 5 aliphatic heterocycles. The number of benzene rings is 2. The Labute approximate surface area is 341 Å². The fraction of sp³-hybridized carbons (Fsp3) is 0.523. The number of pyridine rings is 1. The van der Waals surface area contributed by atoms with Gasteiger partial charge in [-0.05, 0) is 117 Å². The van der Waals surface area contributed by atoms with Gasteiger partial charge >= 0.3 is 6.03 Å². The molecule has 1 N–H and O–H groups in total. The van der Waals surface area contributed by atoms with Crippen LogP contribution in [0.4, 0.5) is 27.5 Å². The number of anilines is 4. The minimum absolute atomic E-state index is 0.0642. The van der Waals surface area contributed by atoms with Crippen molar-refractivity contribution in [2.45, 2.75) is 70.4 Å². The van der Waals surface area contributed by atoms with Crippen LogP contribution in [-0.4, -0.2) is 117 Å². The number of amides is 4. The maximum Gasteiger partial charge on any atom is 0.328 e. The van der Waals surface area contributed by atoms with E-state index in [4.69, 9.17) is 21.4 Å². The van der Waals surface area contributed by atoms with Gasteiger partial charge in [-0.2, -0.15) is 0 Å². The van der Waals surface area contributed by atoms with Crippen LogP contribution >= 0.6 is 11.6 Å². The summed E-state index contributed by atoms with van der Waals surface area (Å²) in [6.45, 7) is 13.5. The maximum atomic E-state index is 13.6. The molecule has 6 heterocycles. The average Bonchev–Trinajstić information content (AvgIpc) is 3.55. The number of nitrogens with zero attached hydrogens (tertiary/aromatic N) is 7. The standard InChI is InChI=1S/C43H53ClN8O3.CH2O/c1-31-26-43(30-52(31)35-4-2-3-32(44)25-35)14-17-47(18-15-43)36-9-10-38(45-29-36)40(54)50-19-12-42(13-20-50)27-37(28-42)49-23-21-48(22-24-49)33-5-7-34(8-6-33)51-16-11-39(53)46-41(51)55;1-2/h2-10,25,29,31,37H,11-24,26-28,30H2,1H3,(H,46,53,55);1H2/t31-;/m0./s1. The molecule has 1 aromatic heterocycles. The number of imide groups is 1. The van der Waals surface area contributed by atoms with Crippen LogP contribution in [0.15, 0.2) is 66.9 Å². The van der Waals surface area contributed by atoms with Gasteiger partial charge in [0.2, 0.25) is 5.91 Å². The van der Waals surface area contributed by atoms with E-state index in [0.717, 1.165) is 101 Å². The van der Waals surface area contributed by atoms with Gasteiger partial charge in [-0.1, -0.05) is 17.7 Å². The van der Waals surface area contributed by atoms with Gasteiger partial charge in [0.05, 0.1) is 11.9 Å². The fourth-order valence-electron chi connectivity index (χ4n) is 10.6. The molecule has 4 amide bonds. The monoisotopic (exact) mass is 794 g/mol. The van der Waals surface area contributed by atoms with E-state index < -0.39 is 0 Å². The topological polar surface area (TPSA) is 113 Å². The molecule has 1 atom stereocenters. The number of carbonyl (C=O) groups is 4. The SMILES string of the molecule is C=O.C[C@H]1CC2(CCN(c3ccc(C(=O)N4CCC5(CC4)CC(N4CCN(c6ccc(N7CCC(=O)NC7=O)cc6)CC4)C5)nc3)CC2)CN1c1cccc(Cl)c1. The Hall–Kier alpha value is -4.68. The van der Waals surface area contributed by atoms with Crippen molar-refractivity contribution in [2.75, 3.05) is 85.0 Å². The number of hydrogen-bond donors (Lipinski definition) is 1. The van der Waals surface area contributed by atoms with E-state index in [2.05, 4.69) is 62.2 Å². The molecule has 2 spiro atoms. The fourth-order valence-corrected chi connectivity index (χ4v) is 10.8. The normalized spacial score (nSPS) is 23.6. The highest BCUT2D eigenvalue weighted by molar-refractivity contribution is 6.30. The zero-order valence-electron chi connectivity index (χ0n) is 33.1. The second-order valence-electron chi connectivity index (χ2n) is 17.2. The van der Waals surface area contributed by atoms with E-state index in [1.165, 1.54) is 30.6 Å². The lowest BCUT2D eigenvalue weighted by Crippen LogP contribution is -2.59. The number of piperidine rings is 2. The summed E-state index contributed by atoms with van der Waals surface area (Å²) in [6, 6.07) is 21.2. The Morgan fingerprint density at radius 3 is 2.05 bits per heavy atom. The van der Waals surface area contributed by atoms with Gasteiger partial charge in [0.1, 0.15) is 12.5 Å². The molecule has 1 saturated carbocycles. The second-order valence-corrected chi connectivity index (χ2v) is 17.6. The number of carbonyl (C=O) groups excluding carboxylic acids is 4. The molecule has 0 bridgehead atoms. The molecule has 2 aromatic carbocycles. The first kappa shape index (κ1) is 39.2. The Morgan fingerprint density at radius 1 is 0.754 bits per heavy atom. The summed E-state index contributed by atoms with van der Waals surface area (Å²) in [5.74, 6) is -0.151. The van der Waals surface area contributed by atoms with Crippen molar-refractivity contribution < 1.29 is 19.2 Å². The lowest BCUT2D eigenvalue weighted by molar-refractivity contribution is -0.120. The summed E-state index contributed by atoms with van der Waals surface area (Å²) in [5.41, 5.74) is 5.58. The summed E-state index contributed by atoms with van der Waals surface area (Å²) in [7, 11) is 0. The van der Waals surface area contributed by atoms with E-state index in [-0.39, 0.29) is 17.8 Å². The molecule has 0 radical (unpaired) electrons. The Morgan fingerprint density at radius 2 is 1.40 bits per heavy atom. The molecule has 9 rings (SSSR count). The smallest absolute Gasteiger partial charge is 0.328 e. The summed E-state index contributed by atoms with van der Waals surface area (Å²) in [6.07, 6.45) is 10.4. The lowest BCUT2D eigenvalue weighted by atomic mass is 9.60.